The van der Waals surface area contributed by atoms with Crippen molar-refractivity contribution in [3.05, 3.63) is 35.9 Å². The fourth-order valence-corrected chi connectivity index (χ4v) is 4.84. The molecule has 3 aliphatic rings. The predicted octanol–water partition coefficient (Wildman–Crippen LogP) is 2.09. The van der Waals surface area contributed by atoms with Crippen LogP contribution in [0.1, 0.15) is 37.7 Å². The van der Waals surface area contributed by atoms with Gasteiger partial charge < -0.3 is 15.4 Å². The van der Waals surface area contributed by atoms with Crippen molar-refractivity contribution in [2.24, 2.45) is 5.92 Å². The summed E-state index contributed by atoms with van der Waals surface area (Å²) in [6, 6.07) is 9.99. The van der Waals surface area contributed by atoms with Crippen LogP contribution < -0.4 is 10.6 Å². The van der Waals surface area contributed by atoms with Gasteiger partial charge in [-0.1, -0.05) is 30.3 Å². The first-order valence-electron chi connectivity index (χ1n) is 10.2. The van der Waals surface area contributed by atoms with Crippen molar-refractivity contribution in [1.29, 1.82) is 0 Å². The Morgan fingerprint density at radius 3 is 2.44 bits per heavy atom. The molecule has 1 atom stereocenters. The lowest BCUT2D eigenvalue weighted by molar-refractivity contribution is -0.136. The van der Waals surface area contributed by atoms with Crippen LogP contribution in [0.4, 0.5) is 4.79 Å². The summed E-state index contributed by atoms with van der Waals surface area (Å²) >= 11 is 0. The number of hydrogen-bond donors (Lipinski definition) is 2. The third kappa shape index (κ3) is 3.60. The number of hydrogen-bond acceptors (Lipinski definition) is 4. The zero-order chi connectivity index (χ0) is 18.7. The quantitative estimate of drug-likeness (QED) is 0.778. The number of benzene rings is 1. The molecule has 4 rings (SSSR count). The summed E-state index contributed by atoms with van der Waals surface area (Å²) in [7, 11) is 0. The van der Waals surface area contributed by atoms with Gasteiger partial charge in [0.25, 0.3) is 5.91 Å². The molecule has 3 heterocycles. The largest absolute Gasteiger partial charge is 0.381 e. The molecule has 3 amide bonds. The number of ether oxygens (including phenoxy) is 1. The Kier molecular flexibility index (Phi) is 5.45. The highest BCUT2D eigenvalue weighted by Gasteiger charge is 2.56. The SMILES string of the molecule is O=C1NC(CCc2ccccc2)(C2CCNCC2)C(=O)N1C1CCOCC1. The average Bonchev–Trinajstić information content (AvgIpc) is 2.99. The number of amides is 3. The van der Waals surface area contributed by atoms with Crippen LogP contribution in [0, 0.1) is 5.92 Å². The summed E-state index contributed by atoms with van der Waals surface area (Å²) in [6.45, 7) is 3.04. The van der Waals surface area contributed by atoms with Gasteiger partial charge in [-0.3, -0.25) is 9.69 Å². The van der Waals surface area contributed by atoms with E-state index in [9.17, 15) is 9.59 Å². The number of rotatable bonds is 5. The minimum atomic E-state index is -0.771. The molecular formula is C21H29N3O3. The first kappa shape index (κ1) is 18.4. The molecule has 3 aliphatic heterocycles. The van der Waals surface area contributed by atoms with E-state index in [1.54, 1.807) is 0 Å². The molecule has 0 bridgehead atoms. The Bertz CT molecular complexity index is 669. The molecule has 0 aromatic heterocycles. The lowest BCUT2D eigenvalue weighted by Crippen LogP contribution is -2.56. The summed E-state index contributed by atoms with van der Waals surface area (Å²) in [5.41, 5.74) is 0.435. The molecular weight excluding hydrogens is 342 g/mol. The lowest BCUT2D eigenvalue weighted by Gasteiger charge is -2.38. The summed E-state index contributed by atoms with van der Waals surface area (Å²) in [4.78, 5) is 28.1. The van der Waals surface area contributed by atoms with E-state index in [4.69, 9.17) is 4.74 Å². The molecule has 0 spiro atoms. The maximum absolute atomic E-state index is 13.6. The van der Waals surface area contributed by atoms with E-state index >= 15 is 0 Å². The average molecular weight is 371 g/mol. The number of aryl methyl sites for hydroxylation is 1. The van der Waals surface area contributed by atoms with E-state index < -0.39 is 5.54 Å². The van der Waals surface area contributed by atoms with Crippen LogP contribution in [0.15, 0.2) is 30.3 Å². The van der Waals surface area contributed by atoms with E-state index in [0.29, 0.717) is 19.6 Å². The minimum Gasteiger partial charge on any atom is -0.381 e. The fraction of sp³-hybridized carbons (Fsp3) is 0.619. The van der Waals surface area contributed by atoms with Crippen LogP contribution in [0.2, 0.25) is 0 Å². The normalized spacial score (nSPS) is 27.8. The predicted molar refractivity (Wildman–Crippen MR) is 102 cm³/mol. The van der Waals surface area contributed by atoms with Gasteiger partial charge in [0, 0.05) is 19.3 Å². The number of carbonyl (C=O) groups excluding carboxylic acids is 2. The van der Waals surface area contributed by atoms with Crippen molar-refractivity contribution >= 4 is 11.9 Å². The molecule has 1 aromatic rings. The Balaban J connectivity index is 1.59. The standard InChI is InChI=1S/C21H29N3O3/c25-19-21(17-7-12-22-13-8-17,11-6-16-4-2-1-3-5-16)23-20(26)24(19)18-9-14-27-15-10-18/h1-5,17-18,22H,6-15H2,(H,23,26). The molecule has 146 valence electrons. The van der Waals surface area contributed by atoms with Crippen LogP contribution in [0.3, 0.4) is 0 Å². The van der Waals surface area contributed by atoms with Crippen molar-refractivity contribution in [2.45, 2.75) is 50.1 Å². The maximum Gasteiger partial charge on any atom is 0.325 e. The van der Waals surface area contributed by atoms with Crippen LogP contribution >= 0.6 is 0 Å². The lowest BCUT2D eigenvalue weighted by atomic mass is 9.74. The molecule has 6 nitrogen and oxygen atoms in total. The van der Waals surface area contributed by atoms with Gasteiger partial charge in [-0.05, 0) is 63.1 Å². The molecule has 6 heteroatoms. The van der Waals surface area contributed by atoms with Gasteiger partial charge in [-0.25, -0.2) is 4.79 Å². The smallest absolute Gasteiger partial charge is 0.325 e. The summed E-state index contributed by atoms with van der Waals surface area (Å²) in [5, 5.41) is 6.55. The van der Waals surface area contributed by atoms with Gasteiger partial charge in [0.05, 0.1) is 0 Å². The maximum atomic E-state index is 13.6. The first-order valence-corrected chi connectivity index (χ1v) is 10.2. The van der Waals surface area contributed by atoms with Crippen molar-refractivity contribution in [1.82, 2.24) is 15.5 Å². The molecule has 0 saturated carbocycles. The van der Waals surface area contributed by atoms with E-state index in [1.807, 2.05) is 18.2 Å². The summed E-state index contributed by atoms with van der Waals surface area (Å²) < 4.78 is 5.43. The molecule has 1 aromatic carbocycles. The van der Waals surface area contributed by atoms with Crippen molar-refractivity contribution in [2.75, 3.05) is 26.3 Å². The van der Waals surface area contributed by atoms with Crippen LogP contribution in [0.5, 0.6) is 0 Å². The van der Waals surface area contributed by atoms with Crippen molar-refractivity contribution < 1.29 is 14.3 Å². The fourth-order valence-electron chi connectivity index (χ4n) is 4.84. The Labute approximate surface area is 160 Å². The van der Waals surface area contributed by atoms with Gasteiger partial charge in [0.15, 0.2) is 0 Å². The second kappa shape index (κ2) is 7.98. The third-order valence-electron chi connectivity index (χ3n) is 6.39. The highest BCUT2D eigenvalue weighted by molar-refractivity contribution is 6.07. The molecule has 0 radical (unpaired) electrons. The number of nitrogens with one attached hydrogen (secondary N) is 2. The third-order valence-corrected chi connectivity index (χ3v) is 6.39. The van der Waals surface area contributed by atoms with E-state index in [2.05, 4.69) is 22.8 Å². The Morgan fingerprint density at radius 1 is 1.04 bits per heavy atom. The van der Waals surface area contributed by atoms with E-state index in [1.165, 1.54) is 10.5 Å². The van der Waals surface area contributed by atoms with Gasteiger partial charge in [-0.15, -0.1) is 0 Å². The molecule has 2 N–H and O–H groups in total. The van der Waals surface area contributed by atoms with Crippen LogP contribution in [-0.2, 0) is 16.0 Å². The van der Waals surface area contributed by atoms with Crippen LogP contribution in [-0.4, -0.2) is 54.7 Å². The first-order chi connectivity index (χ1) is 13.2. The highest BCUT2D eigenvalue weighted by atomic mass is 16.5. The number of piperidine rings is 1. The minimum absolute atomic E-state index is 0.0118. The van der Waals surface area contributed by atoms with Gasteiger partial charge in [-0.2, -0.15) is 0 Å². The topological polar surface area (TPSA) is 70.7 Å². The Hall–Kier alpha value is -1.92. The van der Waals surface area contributed by atoms with Crippen molar-refractivity contribution in [3.63, 3.8) is 0 Å². The number of imide groups is 1. The molecule has 3 saturated heterocycles. The van der Waals surface area contributed by atoms with E-state index in [0.717, 1.165) is 45.2 Å². The summed E-state index contributed by atoms with van der Waals surface area (Å²) in [5.74, 6) is 0.172. The molecule has 3 fully saturated rings. The monoisotopic (exact) mass is 371 g/mol. The second-order valence-corrected chi connectivity index (χ2v) is 7.93. The van der Waals surface area contributed by atoms with Gasteiger partial charge in [0.1, 0.15) is 5.54 Å². The molecule has 0 aliphatic carbocycles. The second-order valence-electron chi connectivity index (χ2n) is 7.93. The Morgan fingerprint density at radius 2 is 1.74 bits per heavy atom. The molecule has 1 unspecified atom stereocenters. The number of nitrogens with zero attached hydrogens (tertiary/aromatic N) is 1. The van der Waals surface area contributed by atoms with Gasteiger partial charge in [0.2, 0.25) is 0 Å². The molecule has 27 heavy (non-hydrogen) atoms. The van der Waals surface area contributed by atoms with Crippen molar-refractivity contribution in [3.8, 4) is 0 Å². The number of carbonyl (C=O) groups is 2. The van der Waals surface area contributed by atoms with Gasteiger partial charge >= 0.3 is 6.03 Å². The number of urea groups is 1. The van der Waals surface area contributed by atoms with E-state index in [-0.39, 0.29) is 23.9 Å². The zero-order valence-electron chi connectivity index (χ0n) is 15.8. The van der Waals surface area contributed by atoms with Crippen LogP contribution in [0.25, 0.3) is 0 Å². The summed E-state index contributed by atoms with van der Waals surface area (Å²) in [6.07, 6.45) is 4.76. The highest BCUT2D eigenvalue weighted by Crippen LogP contribution is 2.37. The zero-order valence-corrected chi connectivity index (χ0v) is 15.8.